The van der Waals surface area contributed by atoms with Crippen molar-refractivity contribution >= 4 is 29.5 Å². The van der Waals surface area contributed by atoms with Gasteiger partial charge >= 0.3 is 0 Å². The summed E-state index contributed by atoms with van der Waals surface area (Å²) in [6.07, 6.45) is 8.13. The van der Waals surface area contributed by atoms with Gasteiger partial charge in [-0.15, -0.1) is 11.8 Å². The van der Waals surface area contributed by atoms with Crippen LogP contribution < -0.4 is 10.6 Å². The Morgan fingerprint density at radius 1 is 1.13 bits per heavy atom. The van der Waals surface area contributed by atoms with Gasteiger partial charge in [0.15, 0.2) is 0 Å². The first kappa shape index (κ1) is 24.4. The Morgan fingerprint density at radius 3 is 2.55 bits per heavy atom. The Kier molecular flexibility index (Phi) is 7.95. The van der Waals surface area contributed by atoms with Crippen molar-refractivity contribution in [3.8, 4) is 0 Å². The molecule has 0 saturated carbocycles. The molecule has 7 nitrogen and oxygen atoms in total. The molecule has 0 aromatic rings. The van der Waals surface area contributed by atoms with Crippen LogP contribution >= 0.6 is 11.8 Å². The number of aliphatic hydroxyl groups excluding tert-OH is 1. The number of carbonyl (C=O) groups is 3. The van der Waals surface area contributed by atoms with E-state index in [0.717, 1.165) is 57.8 Å². The summed E-state index contributed by atoms with van der Waals surface area (Å²) in [5, 5.41) is 14.9. The topological polar surface area (TPSA) is 98.7 Å². The van der Waals surface area contributed by atoms with Crippen molar-refractivity contribution in [1.29, 1.82) is 0 Å². The SMILES string of the molecule is CCCCCNC(=O)C1N(CCCCCCO)C(=O)[C@@H]2[C@@H](C(=O)NC)[C@@]3(C)CCC12S3. The van der Waals surface area contributed by atoms with Crippen molar-refractivity contribution in [2.45, 2.75) is 87.2 Å². The Hall–Kier alpha value is -1.28. The number of aliphatic hydroxyl groups is 1. The molecule has 3 saturated heterocycles. The zero-order valence-electron chi connectivity index (χ0n) is 19.2. The van der Waals surface area contributed by atoms with Gasteiger partial charge in [-0.1, -0.05) is 32.6 Å². The van der Waals surface area contributed by atoms with Crippen LogP contribution in [0.25, 0.3) is 0 Å². The molecule has 176 valence electrons. The maximum Gasteiger partial charge on any atom is 0.244 e. The summed E-state index contributed by atoms with van der Waals surface area (Å²) < 4.78 is -0.808. The van der Waals surface area contributed by atoms with Crippen LogP contribution in [0.1, 0.15) is 71.6 Å². The predicted molar refractivity (Wildman–Crippen MR) is 123 cm³/mol. The normalized spacial score (nSPS) is 33.6. The van der Waals surface area contributed by atoms with Gasteiger partial charge in [0.25, 0.3) is 0 Å². The molecule has 3 N–H and O–H groups in total. The molecule has 0 aliphatic carbocycles. The standard InChI is InChI=1S/C23H39N3O4S/c1-4-5-8-13-25-20(29)18-23-12-11-22(2,31-23)16(19(28)24-3)17(23)21(30)26(18)14-9-6-7-10-15-27/h16-18,27H,4-15H2,1-3H3,(H,24,28)(H,25,29)/t16-,17-,18?,22+,23?/m0/s1. The summed E-state index contributed by atoms with van der Waals surface area (Å²) >= 11 is 1.72. The summed E-state index contributed by atoms with van der Waals surface area (Å²) in [5.41, 5.74) is 0. The zero-order valence-corrected chi connectivity index (χ0v) is 20.1. The van der Waals surface area contributed by atoms with Crippen molar-refractivity contribution in [1.82, 2.24) is 15.5 Å². The number of fused-ring (bicyclic) bond motifs is 1. The maximum atomic E-state index is 13.7. The highest BCUT2D eigenvalue weighted by Gasteiger charge is 2.76. The lowest BCUT2D eigenvalue weighted by Gasteiger charge is -2.34. The second kappa shape index (κ2) is 10.1. The van der Waals surface area contributed by atoms with Gasteiger partial charge in [-0.2, -0.15) is 0 Å². The first-order valence-electron chi connectivity index (χ1n) is 12.0. The van der Waals surface area contributed by atoms with Gasteiger partial charge in [-0.05, 0) is 39.0 Å². The predicted octanol–water partition coefficient (Wildman–Crippen LogP) is 2.07. The number of unbranched alkanes of at least 4 members (excludes halogenated alkanes) is 5. The van der Waals surface area contributed by atoms with E-state index >= 15 is 0 Å². The number of amides is 3. The third-order valence-electron chi connectivity index (χ3n) is 7.44. The fourth-order valence-corrected chi connectivity index (χ4v) is 8.31. The highest BCUT2D eigenvalue weighted by molar-refractivity contribution is 8.02. The van der Waals surface area contributed by atoms with Crippen LogP contribution in [0.15, 0.2) is 0 Å². The minimum absolute atomic E-state index is 0.0274. The average Bonchev–Trinajstić information content (AvgIpc) is 3.31. The van der Waals surface area contributed by atoms with E-state index in [-0.39, 0.29) is 29.1 Å². The van der Waals surface area contributed by atoms with Crippen LogP contribution in [0, 0.1) is 11.8 Å². The molecule has 3 heterocycles. The number of rotatable bonds is 12. The van der Waals surface area contributed by atoms with Crippen molar-refractivity contribution in [2.75, 3.05) is 26.7 Å². The number of likely N-dealkylation sites (tertiary alicyclic amines) is 1. The molecule has 0 aromatic heterocycles. The van der Waals surface area contributed by atoms with Gasteiger partial charge in [0, 0.05) is 31.5 Å². The largest absolute Gasteiger partial charge is 0.396 e. The lowest BCUT2D eigenvalue weighted by atomic mass is 9.66. The van der Waals surface area contributed by atoms with Crippen LogP contribution in [-0.4, -0.2) is 70.0 Å². The molecule has 31 heavy (non-hydrogen) atoms. The molecule has 2 bridgehead atoms. The first-order valence-corrected chi connectivity index (χ1v) is 12.8. The van der Waals surface area contributed by atoms with Crippen LogP contribution in [0.4, 0.5) is 0 Å². The number of thioether (sulfide) groups is 1. The molecule has 1 spiro atoms. The van der Waals surface area contributed by atoms with Gasteiger partial charge in [0.05, 0.1) is 16.6 Å². The van der Waals surface area contributed by atoms with Gasteiger partial charge in [0.1, 0.15) is 6.04 Å². The van der Waals surface area contributed by atoms with Crippen LogP contribution in [0.5, 0.6) is 0 Å². The molecule has 3 rings (SSSR count). The lowest BCUT2D eigenvalue weighted by Crippen LogP contribution is -2.54. The van der Waals surface area contributed by atoms with Crippen molar-refractivity contribution in [3.63, 3.8) is 0 Å². The van der Waals surface area contributed by atoms with Crippen molar-refractivity contribution < 1.29 is 19.5 Å². The third kappa shape index (κ3) is 4.34. The molecule has 8 heteroatoms. The number of nitrogens with one attached hydrogen (secondary N) is 2. The average molecular weight is 454 g/mol. The smallest absolute Gasteiger partial charge is 0.244 e. The van der Waals surface area contributed by atoms with E-state index in [1.807, 2.05) is 0 Å². The molecule has 3 aliphatic rings. The van der Waals surface area contributed by atoms with Gasteiger partial charge in [-0.3, -0.25) is 14.4 Å². The first-order chi connectivity index (χ1) is 14.9. The fraction of sp³-hybridized carbons (Fsp3) is 0.870. The fourth-order valence-electron chi connectivity index (χ4n) is 5.95. The number of nitrogens with zero attached hydrogens (tertiary/aromatic N) is 1. The summed E-state index contributed by atoms with van der Waals surface area (Å²) in [5.74, 6) is -0.989. The minimum Gasteiger partial charge on any atom is -0.396 e. The molecule has 3 amide bonds. The minimum atomic E-state index is -0.511. The third-order valence-corrected chi connectivity index (χ3v) is 9.43. The van der Waals surface area contributed by atoms with E-state index in [4.69, 9.17) is 5.11 Å². The van der Waals surface area contributed by atoms with Gasteiger partial charge < -0.3 is 20.6 Å². The van der Waals surface area contributed by atoms with Gasteiger partial charge in [0.2, 0.25) is 17.7 Å². The molecular formula is C23H39N3O4S. The second-order valence-electron chi connectivity index (χ2n) is 9.51. The number of hydrogen-bond acceptors (Lipinski definition) is 5. The summed E-state index contributed by atoms with van der Waals surface area (Å²) in [4.78, 5) is 41.7. The summed E-state index contributed by atoms with van der Waals surface area (Å²) in [6, 6.07) is -0.508. The van der Waals surface area contributed by atoms with E-state index < -0.39 is 22.6 Å². The van der Waals surface area contributed by atoms with E-state index in [1.165, 1.54) is 0 Å². The van der Waals surface area contributed by atoms with Crippen LogP contribution in [0.2, 0.25) is 0 Å². The van der Waals surface area contributed by atoms with Crippen LogP contribution in [-0.2, 0) is 14.4 Å². The molecule has 5 atom stereocenters. The quantitative estimate of drug-likeness (QED) is 0.393. The molecule has 0 aromatic carbocycles. The van der Waals surface area contributed by atoms with E-state index in [9.17, 15) is 14.4 Å². The highest BCUT2D eigenvalue weighted by Crippen LogP contribution is 2.71. The maximum absolute atomic E-state index is 13.7. The molecule has 0 radical (unpaired) electrons. The molecule has 3 fully saturated rings. The second-order valence-corrected chi connectivity index (χ2v) is 11.4. The Labute approximate surface area is 190 Å². The molecular weight excluding hydrogens is 414 g/mol. The monoisotopic (exact) mass is 453 g/mol. The summed E-state index contributed by atoms with van der Waals surface area (Å²) in [6.45, 7) is 5.57. The number of hydrogen-bond donors (Lipinski definition) is 3. The Morgan fingerprint density at radius 2 is 1.87 bits per heavy atom. The zero-order chi connectivity index (χ0) is 22.6. The molecule has 2 unspecified atom stereocenters. The summed E-state index contributed by atoms with van der Waals surface area (Å²) in [7, 11) is 1.63. The van der Waals surface area contributed by atoms with Crippen molar-refractivity contribution in [3.05, 3.63) is 0 Å². The Balaban J connectivity index is 1.83. The van der Waals surface area contributed by atoms with Crippen LogP contribution in [0.3, 0.4) is 0 Å². The highest BCUT2D eigenvalue weighted by atomic mass is 32.2. The molecule has 3 aliphatic heterocycles. The van der Waals surface area contributed by atoms with E-state index in [2.05, 4.69) is 24.5 Å². The lowest BCUT2D eigenvalue weighted by molar-refractivity contribution is -0.140. The number of carbonyl (C=O) groups excluding carboxylic acids is 3. The van der Waals surface area contributed by atoms with E-state index in [1.54, 1.807) is 23.7 Å². The van der Waals surface area contributed by atoms with Gasteiger partial charge in [-0.25, -0.2) is 0 Å². The van der Waals surface area contributed by atoms with E-state index in [0.29, 0.717) is 13.1 Å². The van der Waals surface area contributed by atoms with Crippen molar-refractivity contribution in [2.24, 2.45) is 11.8 Å². The Bertz CT molecular complexity index is 690.